The second-order valence-electron chi connectivity index (χ2n) is 11.9. The normalized spacial score (nSPS) is 15.1. The van der Waals surface area contributed by atoms with Crippen LogP contribution in [0.25, 0.3) is 0 Å². The Morgan fingerprint density at radius 2 is 1.29 bits per heavy atom. The number of ether oxygens (including phenoxy) is 5. The molecule has 3 unspecified atom stereocenters. The van der Waals surface area contributed by atoms with Gasteiger partial charge in [0, 0.05) is 0 Å². The van der Waals surface area contributed by atoms with E-state index in [1.165, 1.54) is 12.1 Å². The number of hydrogen-bond acceptors (Lipinski definition) is 10. The van der Waals surface area contributed by atoms with Crippen molar-refractivity contribution in [1.29, 1.82) is 0 Å². The lowest BCUT2D eigenvalue weighted by Crippen LogP contribution is -2.39. The summed E-state index contributed by atoms with van der Waals surface area (Å²) in [5.74, 6) is -2.04. The van der Waals surface area contributed by atoms with Crippen molar-refractivity contribution in [2.45, 2.75) is 113 Å². The molecule has 0 amide bonds. The van der Waals surface area contributed by atoms with E-state index in [0.29, 0.717) is 18.4 Å². The van der Waals surface area contributed by atoms with Crippen LogP contribution in [0.3, 0.4) is 0 Å². The molecule has 232 valence electrons. The highest BCUT2D eigenvalue weighted by atomic mass is 16.7. The van der Waals surface area contributed by atoms with Gasteiger partial charge in [-0.25, -0.2) is 4.79 Å². The van der Waals surface area contributed by atoms with Crippen molar-refractivity contribution in [2.75, 3.05) is 6.61 Å². The molecule has 10 nitrogen and oxygen atoms in total. The highest BCUT2D eigenvalue weighted by Crippen LogP contribution is 2.31. The molecule has 0 heterocycles. The Morgan fingerprint density at radius 3 is 1.80 bits per heavy atom. The molecule has 1 aromatic carbocycles. The predicted molar refractivity (Wildman–Crippen MR) is 154 cm³/mol. The van der Waals surface area contributed by atoms with Crippen LogP contribution in [0, 0.1) is 17.3 Å². The van der Waals surface area contributed by atoms with Crippen LogP contribution in [0.5, 0.6) is 11.5 Å². The Balaban J connectivity index is 2.94. The third-order valence-corrected chi connectivity index (χ3v) is 6.30. The van der Waals surface area contributed by atoms with Crippen molar-refractivity contribution in [2.24, 2.45) is 23.0 Å². The minimum atomic E-state index is -1.06. The molecule has 1 rings (SSSR count). The first kappa shape index (κ1) is 35.9. The van der Waals surface area contributed by atoms with Gasteiger partial charge in [-0.15, -0.1) is 0 Å². The Morgan fingerprint density at radius 1 is 0.780 bits per heavy atom. The molecule has 1 aromatic rings. The molecular weight excluding hydrogens is 530 g/mol. The molecule has 2 N–H and O–H groups in total. The first-order chi connectivity index (χ1) is 19.1. The van der Waals surface area contributed by atoms with Gasteiger partial charge in [-0.3, -0.25) is 14.4 Å². The molecule has 0 bridgehead atoms. The molecule has 0 aliphatic heterocycles. The summed E-state index contributed by atoms with van der Waals surface area (Å²) >= 11 is 0. The summed E-state index contributed by atoms with van der Waals surface area (Å²) in [7, 11) is 0. The molecule has 0 spiro atoms. The van der Waals surface area contributed by atoms with E-state index in [1.54, 1.807) is 33.8 Å². The summed E-state index contributed by atoms with van der Waals surface area (Å²) in [6.07, 6.45) is 0.611. The highest BCUT2D eigenvalue weighted by Gasteiger charge is 2.26. The summed E-state index contributed by atoms with van der Waals surface area (Å²) in [6.45, 7) is 16.6. The van der Waals surface area contributed by atoms with E-state index in [2.05, 4.69) is 0 Å². The fourth-order valence-corrected chi connectivity index (χ4v) is 3.62. The maximum absolute atomic E-state index is 12.7. The standard InChI is InChI=1S/C31H49NO9/c1-10-12-19(3)27(33)40-25-15-14-23(17-26(25)41-28(34)20(4)13-11-2)16-24(32)29(35)38-21(5)22(6)39-30(36)37-18-31(7,8)9/h14-15,17,19-22,24H,10-13,16,18,32H2,1-9H3/t19?,20?,21-,22?,24-/m0/s1. The van der Waals surface area contributed by atoms with Gasteiger partial charge in [0.15, 0.2) is 11.5 Å². The number of carbonyl (C=O) groups excluding carboxylic acids is 4. The van der Waals surface area contributed by atoms with Crippen LogP contribution in [0.4, 0.5) is 4.79 Å². The fraction of sp³-hybridized carbons (Fsp3) is 0.677. The van der Waals surface area contributed by atoms with Gasteiger partial charge >= 0.3 is 24.1 Å². The zero-order valence-electron chi connectivity index (χ0n) is 26.1. The molecule has 0 saturated carbocycles. The lowest BCUT2D eigenvalue weighted by atomic mass is 9.99. The summed E-state index contributed by atoms with van der Waals surface area (Å²) in [4.78, 5) is 49.9. The minimum absolute atomic E-state index is 0.0595. The number of nitrogens with two attached hydrogens (primary N) is 1. The first-order valence-electron chi connectivity index (χ1n) is 14.4. The molecule has 0 aliphatic carbocycles. The number of rotatable bonds is 15. The van der Waals surface area contributed by atoms with Crippen molar-refractivity contribution < 1.29 is 42.9 Å². The molecule has 41 heavy (non-hydrogen) atoms. The lowest BCUT2D eigenvalue weighted by molar-refractivity contribution is -0.155. The predicted octanol–water partition coefficient (Wildman–Crippen LogP) is 5.76. The van der Waals surface area contributed by atoms with E-state index in [-0.39, 0.29) is 41.8 Å². The van der Waals surface area contributed by atoms with Crippen LogP contribution >= 0.6 is 0 Å². The Kier molecular flexibility index (Phi) is 14.8. The van der Waals surface area contributed by atoms with Crippen LogP contribution in [0.1, 0.15) is 93.6 Å². The smallest absolute Gasteiger partial charge is 0.458 e. The van der Waals surface area contributed by atoms with Crippen molar-refractivity contribution >= 4 is 24.1 Å². The largest absolute Gasteiger partial charge is 0.508 e. The van der Waals surface area contributed by atoms with E-state index in [9.17, 15) is 19.2 Å². The third-order valence-electron chi connectivity index (χ3n) is 6.30. The number of hydrogen-bond donors (Lipinski definition) is 1. The number of esters is 3. The Bertz CT molecular complexity index is 1020. The molecule has 0 radical (unpaired) electrons. The van der Waals surface area contributed by atoms with Gasteiger partial charge < -0.3 is 29.4 Å². The van der Waals surface area contributed by atoms with Crippen molar-refractivity contribution in [3.05, 3.63) is 23.8 Å². The van der Waals surface area contributed by atoms with Crippen molar-refractivity contribution in [3.63, 3.8) is 0 Å². The van der Waals surface area contributed by atoms with E-state index < -0.39 is 42.3 Å². The lowest BCUT2D eigenvalue weighted by Gasteiger charge is -2.23. The molecule has 0 fully saturated rings. The SMILES string of the molecule is CCCC(C)C(=O)Oc1ccc(C[C@H](N)C(=O)O[C@@H](C)C(C)OC(=O)OCC(C)(C)C)cc1OC(=O)C(C)CCC. The number of benzene rings is 1. The molecule has 0 saturated heterocycles. The number of carbonyl (C=O) groups is 4. The van der Waals surface area contributed by atoms with Crippen LogP contribution in [-0.4, -0.2) is 48.9 Å². The van der Waals surface area contributed by atoms with Gasteiger partial charge in [0.05, 0.1) is 18.4 Å². The molecule has 10 heteroatoms. The summed E-state index contributed by atoms with van der Waals surface area (Å²) in [6, 6.07) is 3.65. The molecule has 0 aliphatic rings. The second kappa shape index (κ2) is 17.0. The van der Waals surface area contributed by atoms with Crippen molar-refractivity contribution in [3.8, 4) is 11.5 Å². The van der Waals surface area contributed by atoms with Gasteiger partial charge in [-0.1, -0.05) is 67.4 Å². The van der Waals surface area contributed by atoms with E-state index in [4.69, 9.17) is 29.4 Å². The monoisotopic (exact) mass is 579 g/mol. The van der Waals surface area contributed by atoms with Crippen LogP contribution in [0.15, 0.2) is 18.2 Å². The molecule has 0 aromatic heterocycles. The van der Waals surface area contributed by atoms with Crippen LogP contribution in [-0.2, 0) is 35.0 Å². The first-order valence-corrected chi connectivity index (χ1v) is 14.4. The van der Waals surface area contributed by atoms with Gasteiger partial charge in [0.25, 0.3) is 0 Å². The average Bonchev–Trinajstić information content (AvgIpc) is 2.88. The minimum Gasteiger partial charge on any atom is -0.458 e. The zero-order chi connectivity index (χ0) is 31.3. The van der Waals surface area contributed by atoms with Crippen LogP contribution in [0.2, 0.25) is 0 Å². The van der Waals surface area contributed by atoms with E-state index >= 15 is 0 Å². The Labute approximate surface area is 244 Å². The topological polar surface area (TPSA) is 140 Å². The fourth-order valence-electron chi connectivity index (χ4n) is 3.62. The highest BCUT2D eigenvalue weighted by molar-refractivity contribution is 5.79. The van der Waals surface area contributed by atoms with Gasteiger partial charge in [-0.05, 0) is 56.2 Å². The van der Waals surface area contributed by atoms with Crippen molar-refractivity contribution in [1.82, 2.24) is 0 Å². The van der Waals surface area contributed by atoms with Gasteiger partial charge in [0.1, 0.15) is 18.2 Å². The summed E-state index contributed by atoms with van der Waals surface area (Å²) < 4.78 is 26.9. The van der Waals surface area contributed by atoms with E-state index in [1.807, 2.05) is 34.6 Å². The quantitative estimate of drug-likeness (QED) is 0.201. The maximum Gasteiger partial charge on any atom is 0.508 e. The maximum atomic E-state index is 12.7. The second-order valence-corrected chi connectivity index (χ2v) is 11.9. The Hall–Kier alpha value is -3.14. The van der Waals surface area contributed by atoms with E-state index in [0.717, 1.165) is 12.8 Å². The summed E-state index contributed by atoms with van der Waals surface area (Å²) in [5.41, 5.74) is 6.48. The van der Waals surface area contributed by atoms with Gasteiger partial charge in [-0.2, -0.15) is 0 Å². The van der Waals surface area contributed by atoms with Crippen LogP contribution < -0.4 is 15.2 Å². The third kappa shape index (κ3) is 13.4. The summed E-state index contributed by atoms with van der Waals surface area (Å²) in [5, 5.41) is 0. The molecular formula is C31H49NO9. The molecule has 5 atom stereocenters. The average molecular weight is 580 g/mol. The van der Waals surface area contributed by atoms with Gasteiger partial charge in [0.2, 0.25) is 0 Å². The zero-order valence-corrected chi connectivity index (χ0v) is 26.1.